The van der Waals surface area contributed by atoms with Crippen molar-refractivity contribution in [1.29, 1.82) is 0 Å². The predicted molar refractivity (Wildman–Crippen MR) is 61.2 cm³/mol. The Morgan fingerprint density at radius 3 is 2.50 bits per heavy atom. The second kappa shape index (κ2) is 6.22. The van der Waals surface area contributed by atoms with E-state index in [-0.39, 0.29) is 6.42 Å². The third-order valence-corrected chi connectivity index (χ3v) is 2.62. The largest absolute Gasteiger partial charge is 0.370 e. The number of guanidine groups is 1. The van der Waals surface area contributed by atoms with Crippen LogP contribution in [0.15, 0.2) is 4.99 Å². The van der Waals surface area contributed by atoms with Crippen molar-refractivity contribution in [1.82, 2.24) is 9.80 Å². The average molecular weight is 226 g/mol. The van der Waals surface area contributed by atoms with Gasteiger partial charge in [0, 0.05) is 32.6 Å². The van der Waals surface area contributed by atoms with Crippen LogP contribution in [0.2, 0.25) is 0 Å². The van der Waals surface area contributed by atoms with Crippen LogP contribution in [0.1, 0.15) is 6.42 Å². The normalized spacial score (nSPS) is 20.6. The second-order valence-electron chi connectivity index (χ2n) is 3.88. The molecule has 6 nitrogen and oxygen atoms in total. The molecular formula is C10H18N4O2. The summed E-state index contributed by atoms with van der Waals surface area (Å²) in [6, 6.07) is -0.642. The molecule has 1 atom stereocenters. The van der Waals surface area contributed by atoms with Crippen LogP contribution in [0.25, 0.3) is 0 Å². The minimum Gasteiger partial charge on any atom is -0.370 e. The van der Waals surface area contributed by atoms with Crippen molar-refractivity contribution in [3.05, 3.63) is 0 Å². The number of hydrogen-bond donors (Lipinski definition) is 1. The van der Waals surface area contributed by atoms with Gasteiger partial charge in [0.2, 0.25) is 0 Å². The smallest absolute Gasteiger partial charge is 0.192 e. The zero-order valence-electron chi connectivity index (χ0n) is 9.50. The topological polar surface area (TPSA) is 79.0 Å². The number of hydrogen-bond acceptors (Lipinski definition) is 4. The predicted octanol–water partition coefficient (Wildman–Crippen LogP) is -1.29. The summed E-state index contributed by atoms with van der Waals surface area (Å²) < 4.78 is 0. The Hall–Kier alpha value is -1.43. The number of aldehydes is 2. The zero-order chi connectivity index (χ0) is 12.0. The van der Waals surface area contributed by atoms with Gasteiger partial charge in [0.05, 0.1) is 0 Å². The summed E-state index contributed by atoms with van der Waals surface area (Å²) in [5.74, 6) is 0.354. The molecule has 0 spiro atoms. The molecular weight excluding hydrogens is 208 g/mol. The molecule has 90 valence electrons. The Bertz CT molecular complexity index is 272. The van der Waals surface area contributed by atoms with E-state index < -0.39 is 6.04 Å². The maximum atomic E-state index is 10.6. The molecule has 1 unspecified atom stereocenters. The van der Waals surface area contributed by atoms with Crippen LogP contribution in [0, 0.1) is 0 Å². The first-order valence-corrected chi connectivity index (χ1v) is 5.33. The Kier molecular flexibility index (Phi) is 4.91. The van der Waals surface area contributed by atoms with Crippen molar-refractivity contribution in [2.75, 3.05) is 33.2 Å². The number of nitrogens with zero attached hydrogens (tertiary/aromatic N) is 3. The standard InChI is InChI=1S/C10H18N4O2/c1-13-3-5-14(6-4-13)10(11)12-9(8-16)2-7-15/h7-9H,2-6H2,1H3,(H2,11,12). The Labute approximate surface area is 95.1 Å². The molecule has 0 saturated carbocycles. The van der Waals surface area contributed by atoms with E-state index in [1.54, 1.807) is 0 Å². The number of carbonyl (C=O) groups is 2. The Balaban J connectivity index is 2.54. The molecule has 0 bridgehead atoms. The van der Waals surface area contributed by atoms with Gasteiger partial charge in [-0.05, 0) is 7.05 Å². The lowest BCUT2D eigenvalue weighted by atomic mass is 10.2. The van der Waals surface area contributed by atoms with Crippen molar-refractivity contribution < 1.29 is 9.59 Å². The van der Waals surface area contributed by atoms with Crippen LogP contribution in [-0.4, -0.2) is 67.6 Å². The van der Waals surface area contributed by atoms with E-state index in [0.29, 0.717) is 18.5 Å². The summed E-state index contributed by atoms with van der Waals surface area (Å²) >= 11 is 0. The lowest BCUT2D eigenvalue weighted by Crippen LogP contribution is -2.50. The highest BCUT2D eigenvalue weighted by Crippen LogP contribution is 2.00. The summed E-state index contributed by atoms with van der Waals surface area (Å²) in [5.41, 5.74) is 5.78. The van der Waals surface area contributed by atoms with E-state index in [2.05, 4.69) is 9.89 Å². The van der Waals surface area contributed by atoms with Crippen LogP contribution in [0.5, 0.6) is 0 Å². The molecule has 16 heavy (non-hydrogen) atoms. The molecule has 1 aliphatic heterocycles. The first kappa shape index (κ1) is 12.6. The van der Waals surface area contributed by atoms with E-state index in [4.69, 9.17) is 5.73 Å². The van der Waals surface area contributed by atoms with Crippen molar-refractivity contribution >= 4 is 18.5 Å². The molecule has 1 heterocycles. The summed E-state index contributed by atoms with van der Waals surface area (Å²) in [4.78, 5) is 29.1. The second-order valence-corrected chi connectivity index (χ2v) is 3.88. The van der Waals surface area contributed by atoms with Crippen LogP contribution in [0.4, 0.5) is 0 Å². The minimum atomic E-state index is -0.642. The summed E-state index contributed by atoms with van der Waals surface area (Å²) in [5, 5.41) is 0. The third kappa shape index (κ3) is 3.62. The minimum absolute atomic E-state index is 0.0952. The molecule has 1 rings (SSSR count). The summed E-state index contributed by atoms with van der Waals surface area (Å²) in [7, 11) is 2.05. The first-order valence-electron chi connectivity index (χ1n) is 5.33. The maximum Gasteiger partial charge on any atom is 0.192 e. The molecule has 0 aromatic rings. The summed E-state index contributed by atoms with van der Waals surface area (Å²) in [6.45, 7) is 3.46. The highest BCUT2D eigenvalue weighted by molar-refractivity contribution is 5.81. The summed E-state index contributed by atoms with van der Waals surface area (Å²) in [6.07, 6.45) is 1.43. The van der Waals surface area contributed by atoms with E-state index in [9.17, 15) is 9.59 Å². The third-order valence-electron chi connectivity index (χ3n) is 2.62. The molecule has 2 N–H and O–H groups in total. The molecule has 6 heteroatoms. The van der Waals surface area contributed by atoms with Crippen LogP contribution in [-0.2, 0) is 9.59 Å². The number of piperazine rings is 1. The maximum absolute atomic E-state index is 10.6. The first-order chi connectivity index (χ1) is 7.67. The van der Waals surface area contributed by atoms with Gasteiger partial charge in [-0.1, -0.05) is 0 Å². The number of carbonyl (C=O) groups excluding carboxylic acids is 2. The Morgan fingerprint density at radius 1 is 1.38 bits per heavy atom. The quantitative estimate of drug-likeness (QED) is 0.366. The lowest BCUT2D eigenvalue weighted by Gasteiger charge is -2.33. The monoisotopic (exact) mass is 226 g/mol. The van der Waals surface area contributed by atoms with Crippen LogP contribution < -0.4 is 5.73 Å². The molecule has 0 aromatic carbocycles. The van der Waals surface area contributed by atoms with E-state index in [1.165, 1.54) is 0 Å². The van der Waals surface area contributed by atoms with Gasteiger partial charge in [-0.2, -0.15) is 0 Å². The molecule has 1 saturated heterocycles. The Morgan fingerprint density at radius 2 is 2.00 bits per heavy atom. The SMILES string of the molecule is CN1CCN(C(N)=NC(C=O)CC=O)CC1. The highest BCUT2D eigenvalue weighted by Gasteiger charge is 2.16. The van der Waals surface area contributed by atoms with Crippen LogP contribution >= 0.6 is 0 Å². The van der Waals surface area contributed by atoms with Crippen molar-refractivity contribution in [2.45, 2.75) is 12.5 Å². The fraction of sp³-hybridized carbons (Fsp3) is 0.700. The van der Waals surface area contributed by atoms with E-state index in [1.807, 2.05) is 11.9 Å². The lowest BCUT2D eigenvalue weighted by molar-refractivity contribution is -0.113. The molecule has 0 radical (unpaired) electrons. The molecule has 1 aliphatic rings. The molecule has 0 aliphatic carbocycles. The van der Waals surface area contributed by atoms with Gasteiger partial charge in [-0.15, -0.1) is 0 Å². The zero-order valence-corrected chi connectivity index (χ0v) is 9.50. The van der Waals surface area contributed by atoms with Gasteiger partial charge in [0.25, 0.3) is 0 Å². The number of aliphatic imine (C=N–C) groups is 1. The van der Waals surface area contributed by atoms with Crippen molar-refractivity contribution in [2.24, 2.45) is 10.7 Å². The van der Waals surface area contributed by atoms with E-state index >= 15 is 0 Å². The van der Waals surface area contributed by atoms with Gasteiger partial charge in [-0.25, -0.2) is 4.99 Å². The van der Waals surface area contributed by atoms with Crippen molar-refractivity contribution in [3.63, 3.8) is 0 Å². The van der Waals surface area contributed by atoms with Gasteiger partial charge in [-0.3, -0.25) is 0 Å². The van der Waals surface area contributed by atoms with Crippen LogP contribution in [0.3, 0.4) is 0 Å². The number of likely N-dealkylation sites (N-methyl/N-ethyl adjacent to an activating group) is 1. The van der Waals surface area contributed by atoms with Gasteiger partial charge in [0.1, 0.15) is 18.6 Å². The van der Waals surface area contributed by atoms with Gasteiger partial charge < -0.3 is 25.1 Å². The van der Waals surface area contributed by atoms with Gasteiger partial charge >= 0.3 is 0 Å². The fourth-order valence-electron chi connectivity index (χ4n) is 1.52. The highest BCUT2D eigenvalue weighted by atomic mass is 16.1. The average Bonchev–Trinajstić information content (AvgIpc) is 2.29. The van der Waals surface area contributed by atoms with Gasteiger partial charge in [0.15, 0.2) is 5.96 Å². The number of nitrogens with two attached hydrogens (primary N) is 1. The molecule has 0 amide bonds. The van der Waals surface area contributed by atoms with E-state index in [0.717, 1.165) is 26.2 Å². The molecule has 1 fully saturated rings. The van der Waals surface area contributed by atoms with Crippen molar-refractivity contribution in [3.8, 4) is 0 Å². The fourth-order valence-corrected chi connectivity index (χ4v) is 1.52. The number of rotatable bonds is 4. The molecule has 0 aromatic heterocycles.